The Morgan fingerprint density at radius 1 is 1.14 bits per heavy atom. The monoisotopic (exact) mass is 317 g/mol. The largest absolute Gasteiger partial charge is 0.417 e. The Balaban J connectivity index is 2.24. The minimum absolute atomic E-state index is 0.0437. The molecule has 0 spiro atoms. The van der Waals surface area contributed by atoms with Crippen LogP contribution in [-0.2, 0) is 6.18 Å². The maximum atomic E-state index is 12.6. The SMILES string of the molecule is OCCNc1ccc(-c2ccc(C(F)(F)F)c(Cl)c2)nn1. The molecule has 112 valence electrons. The fraction of sp³-hybridized carbons (Fsp3) is 0.231. The van der Waals surface area contributed by atoms with Crippen LogP contribution in [0, 0.1) is 0 Å². The van der Waals surface area contributed by atoms with Crippen LogP contribution in [0.2, 0.25) is 5.02 Å². The average molecular weight is 318 g/mol. The summed E-state index contributed by atoms with van der Waals surface area (Å²) in [5.74, 6) is 0.464. The highest BCUT2D eigenvalue weighted by Crippen LogP contribution is 2.36. The minimum atomic E-state index is -4.49. The lowest BCUT2D eigenvalue weighted by molar-refractivity contribution is -0.137. The predicted octanol–water partition coefficient (Wildman–Crippen LogP) is 3.22. The molecule has 21 heavy (non-hydrogen) atoms. The zero-order valence-electron chi connectivity index (χ0n) is 10.7. The molecule has 0 saturated heterocycles. The Kier molecular flexibility index (Phi) is 4.64. The lowest BCUT2D eigenvalue weighted by Crippen LogP contribution is -2.07. The molecule has 1 aromatic carbocycles. The normalized spacial score (nSPS) is 11.5. The van der Waals surface area contributed by atoms with E-state index in [4.69, 9.17) is 16.7 Å². The molecule has 1 heterocycles. The number of alkyl halides is 3. The summed E-state index contributed by atoms with van der Waals surface area (Å²) >= 11 is 5.66. The van der Waals surface area contributed by atoms with Crippen molar-refractivity contribution in [3.8, 4) is 11.3 Å². The molecule has 2 N–H and O–H groups in total. The first-order chi connectivity index (χ1) is 9.91. The van der Waals surface area contributed by atoms with E-state index in [1.165, 1.54) is 12.1 Å². The molecular weight excluding hydrogens is 307 g/mol. The molecule has 0 atom stereocenters. The van der Waals surface area contributed by atoms with Crippen molar-refractivity contribution in [2.75, 3.05) is 18.5 Å². The number of nitrogens with one attached hydrogen (secondary N) is 1. The van der Waals surface area contributed by atoms with Crippen LogP contribution in [0.5, 0.6) is 0 Å². The van der Waals surface area contributed by atoms with Crippen molar-refractivity contribution in [3.05, 3.63) is 40.9 Å². The Morgan fingerprint density at radius 3 is 2.43 bits per heavy atom. The first-order valence-corrected chi connectivity index (χ1v) is 6.35. The summed E-state index contributed by atoms with van der Waals surface area (Å²) in [5, 5.41) is 18.9. The van der Waals surface area contributed by atoms with Gasteiger partial charge in [0.1, 0.15) is 5.82 Å². The van der Waals surface area contributed by atoms with E-state index in [0.29, 0.717) is 23.6 Å². The van der Waals surface area contributed by atoms with E-state index >= 15 is 0 Å². The van der Waals surface area contributed by atoms with E-state index in [1.54, 1.807) is 12.1 Å². The van der Waals surface area contributed by atoms with Gasteiger partial charge in [-0.3, -0.25) is 0 Å². The fourth-order valence-electron chi connectivity index (χ4n) is 1.67. The highest BCUT2D eigenvalue weighted by molar-refractivity contribution is 6.31. The smallest absolute Gasteiger partial charge is 0.395 e. The number of halogens is 4. The number of aromatic nitrogens is 2. The van der Waals surface area contributed by atoms with Crippen LogP contribution in [-0.4, -0.2) is 28.5 Å². The van der Waals surface area contributed by atoms with E-state index < -0.39 is 11.7 Å². The van der Waals surface area contributed by atoms with Gasteiger partial charge in [-0.05, 0) is 24.3 Å². The van der Waals surface area contributed by atoms with Crippen LogP contribution < -0.4 is 5.32 Å². The number of aliphatic hydroxyl groups is 1. The van der Waals surface area contributed by atoms with Gasteiger partial charge in [0.15, 0.2) is 0 Å². The number of hydrogen-bond acceptors (Lipinski definition) is 4. The van der Waals surface area contributed by atoms with Gasteiger partial charge in [0.25, 0.3) is 0 Å². The standard InChI is InChI=1S/C13H11ClF3N3O/c14-10-7-8(1-2-9(10)13(15,16)17)11-3-4-12(20-19-11)18-5-6-21/h1-4,7,21H,5-6H2,(H,18,20). The summed E-state index contributed by atoms with van der Waals surface area (Å²) in [5.41, 5.74) is -0.0449. The summed E-state index contributed by atoms with van der Waals surface area (Å²) < 4.78 is 37.8. The molecule has 0 unspecified atom stereocenters. The predicted molar refractivity (Wildman–Crippen MR) is 73.1 cm³/mol. The number of hydrogen-bond donors (Lipinski definition) is 2. The summed E-state index contributed by atoms with van der Waals surface area (Å²) in [7, 11) is 0. The molecule has 0 radical (unpaired) electrons. The van der Waals surface area contributed by atoms with E-state index in [2.05, 4.69) is 15.5 Å². The molecule has 0 saturated carbocycles. The maximum Gasteiger partial charge on any atom is 0.417 e. The molecular formula is C13H11ClF3N3O. The van der Waals surface area contributed by atoms with Gasteiger partial charge < -0.3 is 10.4 Å². The van der Waals surface area contributed by atoms with E-state index in [1.807, 2.05) is 0 Å². The number of aliphatic hydroxyl groups excluding tert-OH is 1. The van der Waals surface area contributed by atoms with Gasteiger partial charge in [-0.25, -0.2) is 0 Å². The molecule has 0 aliphatic heterocycles. The highest BCUT2D eigenvalue weighted by Gasteiger charge is 2.33. The van der Waals surface area contributed by atoms with Crippen molar-refractivity contribution >= 4 is 17.4 Å². The topological polar surface area (TPSA) is 58.0 Å². The lowest BCUT2D eigenvalue weighted by atomic mass is 10.1. The highest BCUT2D eigenvalue weighted by atomic mass is 35.5. The van der Waals surface area contributed by atoms with E-state index in [0.717, 1.165) is 6.07 Å². The third-order valence-corrected chi connectivity index (χ3v) is 2.97. The fourth-order valence-corrected chi connectivity index (χ4v) is 1.96. The summed E-state index contributed by atoms with van der Waals surface area (Å²) in [4.78, 5) is 0. The molecule has 0 bridgehead atoms. The Hall–Kier alpha value is -1.86. The van der Waals surface area contributed by atoms with Gasteiger partial charge in [0, 0.05) is 12.1 Å². The molecule has 8 heteroatoms. The Bertz CT molecular complexity index is 617. The van der Waals surface area contributed by atoms with Gasteiger partial charge >= 0.3 is 6.18 Å². The summed E-state index contributed by atoms with van der Waals surface area (Å²) in [6, 6.07) is 6.63. The molecule has 0 amide bonds. The van der Waals surface area contributed by atoms with Gasteiger partial charge in [-0.15, -0.1) is 10.2 Å². The van der Waals surface area contributed by atoms with Crippen molar-refractivity contribution < 1.29 is 18.3 Å². The third kappa shape index (κ3) is 3.83. The van der Waals surface area contributed by atoms with Crippen LogP contribution in [0.25, 0.3) is 11.3 Å². The van der Waals surface area contributed by atoms with Crippen LogP contribution >= 0.6 is 11.6 Å². The Labute approximate surface area is 123 Å². The summed E-state index contributed by atoms with van der Waals surface area (Å²) in [6.45, 7) is 0.290. The molecule has 0 fully saturated rings. The van der Waals surface area contributed by atoms with Crippen molar-refractivity contribution in [2.24, 2.45) is 0 Å². The molecule has 4 nitrogen and oxygen atoms in total. The minimum Gasteiger partial charge on any atom is -0.395 e. The lowest BCUT2D eigenvalue weighted by Gasteiger charge is -2.10. The molecule has 0 aliphatic rings. The van der Waals surface area contributed by atoms with Gasteiger partial charge in [0.2, 0.25) is 0 Å². The van der Waals surface area contributed by atoms with Gasteiger partial charge in [-0.2, -0.15) is 13.2 Å². The summed E-state index contributed by atoms with van der Waals surface area (Å²) in [6.07, 6.45) is -4.49. The van der Waals surface area contributed by atoms with Gasteiger partial charge in [-0.1, -0.05) is 17.7 Å². The second kappa shape index (κ2) is 6.28. The van der Waals surface area contributed by atoms with Gasteiger partial charge in [0.05, 0.1) is 22.9 Å². The van der Waals surface area contributed by atoms with Crippen LogP contribution in [0.4, 0.5) is 19.0 Å². The first-order valence-electron chi connectivity index (χ1n) is 5.97. The number of anilines is 1. The molecule has 1 aromatic heterocycles. The van der Waals surface area contributed by atoms with E-state index in [-0.39, 0.29) is 11.6 Å². The maximum absolute atomic E-state index is 12.6. The third-order valence-electron chi connectivity index (χ3n) is 2.65. The van der Waals surface area contributed by atoms with Crippen molar-refractivity contribution in [1.29, 1.82) is 0 Å². The molecule has 2 rings (SSSR count). The number of rotatable bonds is 4. The quantitative estimate of drug-likeness (QED) is 0.909. The van der Waals surface area contributed by atoms with Crippen molar-refractivity contribution in [1.82, 2.24) is 10.2 Å². The average Bonchev–Trinajstić information content (AvgIpc) is 2.44. The second-order valence-corrected chi connectivity index (χ2v) is 4.55. The second-order valence-electron chi connectivity index (χ2n) is 4.15. The van der Waals surface area contributed by atoms with Crippen LogP contribution in [0.1, 0.15) is 5.56 Å². The van der Waals surface area contributed by atoms with Crippen molar-refractivity contribution in [3.63, 3.8) is 0 Å². The van der Waals surface area contributed by atoms with E-state index in [9.17, 15) is 13.2 Å². The number of nitrogens with zero attached hydrogens (tertiary/aromatic N) is 2. The zero-order chi connectivity index (χ0) is 15.5. The zero-order valence-corrected chi connectivity index (χ0v) is 11.4. The van der Waals surface area contributed by atoms with Crippen molar-refractivity contribution in [2.45, 2.75) is 6.18 Å². The van der Waals surface area contributed by atoms with Crippen LogP contribution in [0.3, 0.4) is 0 Å². The first kappa shape index (κ1) is 15.5. The molecule has 2 aromatic rings. The Morgan fingerprint density at radius 2 is 1.90 bits per heavy atom. The number of benzene rings is 1. The van der Waals surface area contributed by atoms with Crippen LogP contribution in [0.15, 0.2) is 30.3 Å². The molecule has 0 aliphatic carbocycles.